The van der Waals surface area contributed by atoms with Gasteiger partial charge in [-0.2, -0.15) is 5.10 Å². The second-order valence-corrected chi connectivity index (χ2v) is 7.07. The van der Waals surface area contributed by atoms with Gasteiger partial charge in [0.05, 0.1) is 12.0 Å². The van der Waals surface area contributed by atoms with E-state index < -0.39 is 0 Å². The van der Waals surface area contributed by atoms with E-state index >= 15 is 0 Å². The summed E-state index contributed by atoms with van der Waals surface area (Å²) in [5.74, 6) is 1.76. The van der Waals surface area contributed by atoms with E-state index in [9.17, 15) is 4.79 Å². The molecule has 1 N–H and O–H groups in total. The number of para-hydroxylation sites is 1. The number of nitrogens with zero attached hydrogens (tertiary/aromatic N) is 1. The largest absolute Gasteiger partial charge is 0.488 e. The van der Waals surface area contributed by atoms with Gasteiger partial charge in [0.15, 0.2) is 0 Å². The third kappa shape index (κ3) is 6.59. The number of benzene rings is 3. The normalized spacial score (nSPS) is 10.7. The minimum Gasteiger partial charge on any atom is -0.488 e. The molecule has 0 saturated carbocycles. The summed E-state index contributed by atoms with van der Waals surface area (Å²) >= 11 is 1.56. The highest BCUT2D eigenvalue weighted by Crippen LogP contribution is 2.17. The Morgan fingerprint density at radius 2 is 1.54 bits per heavy atom. The van der Waals surface area contributed by atoms with Gasteiger partial charge >= 0.3 is 0 Å². The van der Waals surface area contributed by atoms with Crippen molar-refractivity contribution >= 4 is 23.9 Å². The smallest absolute Gasteiger partial charge is 0.250 e. The zero-order valence-electron chi connectivity index (χ0n) is 15.5. The predicted octanol–water partition coefficient (Wildman–Crippen LogP) is 4.65. The van der Waals surface area contributed by atoms with E-state index in [0.29, 0.717) is 12.4 Å². The van der Waals surface area contributed by atoms with Crippen LogP contribution in [-0.4, -0.2) is 17.9 Å². The molecule has 5 heteroatoms. The summed E-state index contributed by atoms with van der Waals surface area (Å²) in [6, 6.07) is 27.7. The van der Waals surface area contributed by atoms with Gasteiger partial charge in [0, 0.05) is 11.3 Å². The van der Waals surface area contributed by atoms with Crippen LogP contribution in [0.4, 0.5) is 0 Å². The molecule has 142 valence electrons. The van der Waals surface area contributed by atoms with E-state index in [1.54, 1.807) is 18.0 Å². The maximum absolute atomic E-state index is 11.9. The Hall–Kier alpha value is -3.05. The molecule has 1 amide bonds. The molecule has 0 fully saturated rings. The molecular weight excluding hydrogens is 368 g/mol. The molecule has 0 aliphatic rings. The van der Waals surface area contributed by atoms with Crippen molar-refractivity contribution in [2.75, 3.05) is 5.75 Å². The van der Waals surface area contributed by atoms with Crippen LogP contribution in [0.3, 0.4) is 0 Å². The first kappa shape index (κ1) is 19.7. The molecular formula is C23H22N2O2S. The molecule has 3 aromatic rings. The maximum atomic E-state index is 11.9. The number of hydrogen-bond donors (Lipinski definition) is 1. The fourth-order valence-electron chi connectivity index (χ4n) is 2.50. The minimum atomic E-state index is -0.125. The first-order valence-corrected chi connectivity index (χ1v) is 10.2. The SMILES string of the molecule is O=C(CSCc1ccccc1)NN=Cc1ccccc1OCc1ccccc1. The van der Waals surface area contributed by atoms with Crippen molar-refractivity contribution < 1.29 is 9.53 Å². The lowest BCUT2D eigenvalue weighted by Gasteiger charge is -2.09. The topological polar surface area (TPSA) is 50.7 Å². The van der Waals surface area contributed by atoms with Crippen molar-refractivity contribution in [2.45, 2.75) is 12.4 Å². The Balaban J connectivity index is 1.46. The third-order valence-electron chi connectivity index (χ3n) is 3.89. The van der Waals surface area contributed by atoms with Crippen LogP contribution in [0.15, 0.2) is 90.0 Å². The summed E-state index contributed by atoms with van der Waals surface area (Å²) in [4.78, 5) is 11.9. The van der Waals surface area contributed by atoms with E-state index in [0.717, 1.165) is 22.6 Å². The Morgan fingerprint density at radius 3 is 2.29 bits per heavy atom. The standard InChI is InChI=1S/C23H22N2O2S/c26-23(18-28-17-20-11-5-2-6-12-20)25-24-15-21-13-7-8-14-22(21)27-16-19-9-3-1-4-10-19/h1-15H,16-18H2,(H,25,26). The average Bonchev–Trinajstić information content (AvgIpc) is 2.74. The van der Waals surface area contributed by atoms with Crippen molar-refractivity contribution in [1.29, 1.82) is 0 Å². The lowest BCUT2D eigenvalue weighted by Crippen LogP contribution is -2.19. The number of hydrogen-bond acceptors (Lipinski definition) is 4. The van der Waals surface area contributed by atoms with Crippen molar-refractivity contribution in [2.24, 2.45) is 5.10 Å². The van der Waals surface area contributed by atoms with Crippen LogP contribution in [0.1, 0.15) is 16.7 Å². The third-order valence-corrected chi connectivity index (χ3v) is 4.90. The van der Waals surface area contributed by atoms with E-state index in [4.69, 9.17) is 4.74 Å². The van der Waals surface area contributed by atoms with E-state index in [1.807, 2.05) is 72.8 Å². The van der Waals surface area contributed by atoms with E-state index in [2.05, 4.69) is 22.7 Å². The molecule has 4 nitrogen and oxygen atoms in total. The molecule has 0 unspecified atom stereocenters. The molecule has 0 aliphatic carbocycles. The molecule has 0 aliphatic heterocycles. The summed E-state index contributed by atoms with van der Waals surface area (Å²) in [6.07, 6.45) is 1.61. The number of nitrogens with one attached hydrogen (secondary N) is 1. The number of thioether (sulfide) groups is 1. The van der Waals surface area contributed by atoms with Gasteiger partial charge in [-0.25, -0.2) is 5.43 Å². The Kier molecular flexibility index (Phi) is 7.70. The summed E-state index contributed by atoms with van der Waals surface area (Å²) in [5, 5.41) is 4.06. The monoisotopic (exact) mass is 390 g/mol. The number of ether oxygens (including phenoxy) is 1. The zero-order valence-corrected chi connectivity index (χ0v) is 16.3. The van der Waals surface area contributed by atoms with Crippen LogP contribution in [0.5, 0.6) is 5.75 Å². The molecule has 0 heterocycles. The van der Waals surface area contributed by atoms with Crippen LogP contribution in [0.2, 0.25) is 0 Å². The fraction of sp³-hybridized carbons (Fsp3) is 0.130. The minimum absolute atomic E-state index is 0.125. The number of hydrazone groups is 1. The van der Waals surface area contributed by atoms with E-state index in [-0.39, 0.29) is 5.91 Å². The van der Waals surface area contributed by atoms with Crippen LogP contribution in [0.25, 0.3) is 0 Å². The van der Waals surface area contributed by atoms with Gasteiger partial charge in [-0.15, -0.1) is 11.8 Å². The Bertz CT molecular complexity index is 899. The molecule has 0 spiro atoms. The van der Waals surface area contributed by atoms with Gasteiger partial charge in [0.1, 0.15) is 12.4 Å². The quantitative estimate of drug-likeness (QED) is 0.427. The van der Waals surface area contributed by atoms with Gasteiger partial charge in [-0.3, -0.25) is 4.79 Å². The maximum Gasteiger partial charge on any atom is 0.250 e. The molecule has 3 aromatic carbocycles. The second-order valence-electron chi connectivity index (χ2n) is 6.08. The Labute approximate surface area is 169 Å². The number of amides is 1. The van der Waals surface area contributed by atoms with Crippen molar-refractivity contribution in [3.05, 3.63) is 102 Å². The summed E-state index contributed by atoms with van der Waals surface area (Å²) in [5.41, 5.74) is 5.69. The van der Waals surface area contributed by atoms with Crippen molar-refractivity contribution in [3.8, 4) is 5.75 Å². The van der Waals surface area contributed by atoms with Gasteiger partial charge < -0.3 is 4.74 Å². The number of carbonyl (C=O) groups excluding carboxylic acids is 1. The van der Waals surface area contributed by atoms with E-state index in [1.165, 1.54) is 5.56 Å². The molecule has 3 rings (SSSR count). The second kappa shape index (κ2) is 10.9. The predicted molar refractivity (Wildman–Crippen MR) is 116 cm³/mol. The highest BCUT2D eigenvalue weighted by molar-refractivity contribution is 7.99. The summed E-state index contributed by atoms with van der Waals surface area (Å²) in [7, 11) is 0. The van der Waals surface area contributed by atoms with Gasteiger partial charge in [-0.05, 0) is 23.3 Å². The molecule has 28 heavy (non-hydrogen) atoms. The van der Waals surface area contributed by atoms with Crippen molar-refractivity contribution in [3.63, 3.8) is 0 Å². The summed E-state index contributed by atoms with van der Waals surface area (Å²) < 4.78 is 5.89. The van der Waals surface area contributed by atoms with Crippen LogP contribution >= 0.6 is 11.8 Å². The number of carbonyl (C=O) groups is 1. The van der Waals surface area contributed by atoms with Crippen LogP contribution in [-0.2, 0) is 17.2 Å². The lowest BCUT2D eigenvalue weighted by molar-refractivity contribution is -0.118. The van der Waals surface area contributed by atoms with Crippen LogP contribution in [0, 0.1) is 0 Å². The van der Waals surface area contributed by atoms with Gasteiger partial charge in [0.25, 0.3) is 0 Å². The molecule has 0 aromatic heterocycles. The lowest BCUT2D eigenvalue weighted by atomic mass is 10.2. The van der Waals surface area contributed by atoms with Crippen LogP contribution < -0.4 is 10.2 Å². The first-order valence-electron chi connectivity index (χ1n) is 9.00. The number of rotatable bonds is 9. The van der Waals surface area contributed by atoms with Gasteiger partial charge in [0.2, 0.25) is 5.91 Å². The highest BCUT2D eigenvalue weighted by atomic mass is 32.2. The van der Waals surface area contributed by atoms with Gasteiger partial charge in [-0.1, -0.05) is 72.8 Å². The fourth-order valence-corrected chi connectivity index (χ4v) is 3.28. The zero-order chi connectivity index (χ0) is 19.4. The Morgan fingerprint density at radius 1 is 0.893 bits per heavy atom. The molecule has 0 saturated heterocycles. The van der Waals surface area contributed by atoms with Crippen molar-refractivity contribution in [1.82, 2.24) is 5.43 Å². The molecule has 0 atom stereocenters. The first-order chi connectivity index (χ1) is 13.8. The molecule has 0 radical (unpaired) electrons. The summed E-state index contributed by atoms with van der Waals surface area (Å²) in [6.45, 7) is 0.480. The molecule has 0 bridgehead atoms. The average molecular weight is 391 g/mol. The highest BCUT2D eigenvalue weighted by Gasteiger charge is 2.03.